The van der Waals surface area contributed by atoms with Gasteiger partial charge in [-0.2, -0.15) is 0 Å². The summed E-state index contributed by atoms with van der Waals surface area (Å²) in [4.78, 5) is 4.90. The normalized spacial score (nSPS) is 25.8. The Morgan fingerprint density at radius 1 is 1.19 bits per heavy atom. The van der Waals surface area contributed by atoms with Gasteiger partial charge in [0.05, 0.1) is 0 Å². The Morgan fingerprint density at radius 2 is 2.12 bits per heavy atom. The van der Waals surface area contributed by atoms with Gasteiger partial charge in [0, 0.05) is 25.7 Å². The first-order valence-corrected chi connectivity index (χ1v) is 5.91. The Kier molecular flexibility index (Phi) is 2.40. The molecule has 0 spiro atoms. The molecule has 0 unspecified atom stereocenters. The minimum absolute atomic E-state index is 0.489. The molecule has 2 N–H and O–H groups in total. The molecular weight excluding hydrogens is 202 g/mol. The molecule has 2 saturated heterocycles. The number of nitrogen functional groups attached to an aromatic ring is 1. The first-order valence-electron chi connectivity index (χ1n) is 5.91. The lowest BCUT2D eigenvalue weighted by Gasteiger charge is -2.37. The minimum Gasteiger partial charge on any atom is -0.382 e. The molecule has 3 heterocycles. The first kappa shape index (κ1) is 9.84. The molecule has 86 valence electrons. The summed E-state index contributed by atoms with van der Waals surface area (Å²) in [6, 6.07) is 4.50. The van der Waals surface area contributed by atoms with Gasteiger partial charge in [0.2, 0.25) is 0 Å². The predicted octanol–water partition coefficient (Wildman–Crippen LogP) is 0.343. The second-order valence-corrected chi connectivity index (χ2v) is 4.59. The lowest BCUT2D eigenvalue weighted by molar-refractivity contribution is 0.230. The van der Waals surface area contributed by atoms with Crippen LogP contribution in [0.3, 0.4) is 0 Å². The predicted molar refractivity (Wildman–Crippen MR) is 63.3 cm³/mol. The maximum atomic E-state index is 5.54. The zero-order valence-corrected chi connectivity index (χ0v) is 9.34. The van der Waals surface area contributed by atoms with Gasteiger partial charge in [0.15, 0.2) is 5.82 Å². The molecule has 3 rings (SSSR count). The second-order valence-electron chi connectivity index (χ2n) is 4.59. The summed E-state index contributed by atoms with van der Waals surface area (Å²) in [6.07, 6.45) is 2.66. The molecule has 2 fully saturated rings. The molecule has 2 aliphatic rings. The first-order chi connectivity index (χ1) is 7.83. The number of nitrogens with two attached hydrogens (primary N) is 1. The summed E-state index contributed by atoms with van der Waals surface area (Å²) in [5.41, 5.74) is 5.54. The van der Waals surface area contributed by atoms with E-state index >= 15 is 0 Å². The van der Waals surface area contributed by atoms with Crippen LogP contribution in [-0.4, -0.2) is 47.3 Å². The molecule has 1 aromatic heterocycles. The van der Waals surface area contributed by atoms with Crippen molar-refractivity contribution in [2.24, 2.45) is 0 Å². The number of fused-ring (bicyclic) bond motifs is 1. The van der Waals surface area contributed by atoms with E-state index in [0.717, 1.165) is 25.5 Å². The van der Waals surface area contributed by atoms with E-state index in [1.165, 1.54) is 19.4 Å². The van der Waals surface area contributed by atoms with E-state index in [2.05, 4.69) is 20.0 Å². The molecule has 1 aromatic rings. The van der Waals surface area contributed by atoms with Crippen molar-refractivity contribution in [3.8, 4) is 0 Å². The van der Waals surface area contributed by atoms with Gasteiger partial charge in [0.1, 0.15) is 5.82 Å². The van der Waals surface area contributed by atoms with E-state index in [1.54, 1.807) is 0 Å². The van der Waals surface area contributed by atoms with E-state index in [4.69, 9.17) is 5.73 Å². The molecule has 0 radical (unpaired) electrons. The van der Waals surface area contributed by atoms with Crippen LogP contribution in [0.15, 0.2) is 12.1 Å². The highest BCUT2D eigenvalue weighted by atomic mass is 15.3. The summed E-state index contributed by atoms with van der Waals surface area (Å²) < 4.78 is 0. The van der Waals surface area contributed by atoms with Crippen LogP contribution >= 0.6 is 0 Å². The summed E-state index contributed by atoms with van der Waals surface area (Å²) >= 11 is 0. The van der Waals surface area contributed by atoms with Crippen molar-refractivity contribution in [2.75, 3.05) is 36.8 Å². The topological polar surface area (TPSA) is 58.3 Å². The van der Waals surface area contributed by atoms with Crippen LogP contribution < -0.4 is 10.6 Å². The fourth-order valence-electron chi connectivity index (χ4n) is 2.70. The van der Waals surface area contributed by atoms with Crippen LogP contribution in [0, 0.1) is 0 Å². The van der Waals surface area contributed by atoms with E-state index in [-0.39, 0.29) is 0 Å². The van der Waals surface area contributed by atoms with E-state index < -0.39 is 0 Å². The Bertz CT molecular complexity index is 363. The number of hydrogen-bond donors (Lipinski definition) is 1. The highest BCUT2D eigenvalue weighted by Crippen LogP contribution is 2.24. The maximum Gasteiger partial charge on any atom is 0.151 e. The monoisotopic (exact) mass is 219 g/mol. The zero-order valence-electron chi connectivity index (χ0n) is 9.34. The smallest absolute Gasteiger partial charge is 0.151 e. The van der Waals surface area contributed by atoms with Crippen molar-refractivity contribution in [3.63, 3.8) is 0 Å². The van der Waals surface area contributed by atoms with Crippen molar-refractivity contribution < 1.29 is 0 Å². The Labute approximate surface area is 95.2 Å². The van der Waals surface area contributed by atoms with Crippen molar-refractivity contribution in [3.05, 3.63) is 12.1 Å². The number of aromatic nitrogens is 2. The van der Waals surface area contributed by atoms with Crippen LogP contribution in [0.1, 0.15) is 12.8 Å². The third-order valence-corrected chi connectivity index (χ3v) is 3.58. The number of anilines is 2. The summed E-state index contributed by atoms with van der Waals surface area (Å²) in [6.45, 7) is 4.55. The lowest BCUT2D eigenvalue weighted by Crippen LogP contribution is -2.50. The summed E-state index contributed by atoms with van der Waals surface area (Å²) in [5.74, 6) is 1.45. The zero-order chi connectivity index (χ0) is 11.0. The van der Waals surface area contributed by atoms with Gasteiger partial charge in [-0.25, -0.2) is 0 Å². The van der Waals surface area contributed by atoms with Crippen molar-refractivity contribution in [2.45, 2.75) is 18.9 Å². The van der Waals surface area contributed by atoms with Crippen LogP contribution in [-0.2, 0) is 0 Å². The standard InChI is InChI=1S/C11H17N5/c12-10-3-4-11(14-13-10)16-7-6-15-5-1-2-9(15)8-16/h3-4,9H,1-2,5-8H2,(H2,12,13)/t9-/m0/s1. The summed E-state index contributed by atoms with van der Waals surface area (Å²) in [5, 5.41) is 8.06. The van der Waals surface area contributed by atoms with Gasteiger partial charge in [-0.15, -0.1) is 10.2 Å². The molecule has 0 aliphatic carbocycles. The van der Waals surface area contributed by atoms with Crippen molar-refractivity contribution in [1.82, 2.24) is 15.1 Å². The van der Waals surface area contributed by atoms with E-state index in [9.17, 15) is 0 Å². The number of nitrogens with zero attached hydrogens (tertiary/aromatic N) is 4. The second kappa shape index (κ2) is 3.90. The molecule has 0 amide bonds. The molecule has 5 nitrogen and oxygen atoms in total. The number of hydrogen-bond acceptors (Lipinski definition) is 5. The van der Waals surface area contributed by atoms with Gasteiger partial charge in [-0.1, -0.05) is 0 Å². The molecule has 0 bridgehead atoms. The molecule has 1 atom stereocenters. The highest BCUT2D eigenvalue weighted by molar-refractivity contribution is 5.42. The van der Waals surface area contributed by atoms with Crippen LogP contribution in [0.4, 0.5) is 11.6 Å². The van der Waals surface area contributed by atoms with Crippen molar-refractivity contribution >= 4 is 11.6 Å². The van der Waals surface area contributed by atoms with Crippen LogP contribution in [0.5, 0.6) is 0 Å². The average molecular weight is 219 g/mol. The number of piperazine rings is 1. The molecular formula is C11H17N5. The molecule has 16 heavy (non-hydrogen) atoms. The molecule has 0 aromatic carbocycles. The molecule has 2 aliphatic heterocycles. The van der Waals surface area contributed by atoms with E-state index in [1.807, 2.05) is 12.1 Å². The fourth-order valence-corrected chi connectivity index (χ4v) is 2.70. The Hall–Kier alpha value is -1.36. The van der Waals surface area contributed by atoms with E-state index in [0.29, 0.717) is 11.9 Å². The van der Waals surface area contributed by atoms with Crippen LogP contribution in [0.2, 0.25) is 0 Å². The lowest BCUT2D eigenvalue weighted by atomic mass is 10.1. The quantitative estimate of drug-likeness (QED) is 0.738. The SMILES string of the molecule is Nc1ccc(N2CCN3CCC[C@H]3C2)nn1. The van der Waals surface area contributed by atoms with Crippen LogP contribution in [0.25, 0.3) is 0 Å². The third-order valence-electron chi connectivity index (χ3n) is 3.58. The molecule has 0 saturated carbocycles. The van der Waals surface area contributed by atoms with Gasteiger partial charge in [-0.3, -0.25) is 4.90 Å². The van der Waals surface area contributed by atoms with Gasteiger partial charge in [-0.05, 0) is 31.5 Å². The number of rotatable bonds is 1. The fraction of sp³-hybridized carbons (Fsp3) is 0.636. The minimum atomic E-state index is 0.489. The third kappa shape index (κ3) is 1.71. The summed E-state index contributed by atoms with van der Waals surface area (Å²) in [7, 11) is 0. The van der Waals surface area contributed by atoms with Crippen molar-refractivity contribution in [1.29, 1.82) is 0 Å². The highest BCUT2D eigenvalue weighted by Gasteiger charge is 2.30. The molecule has 5 heteroatoms. The Balaban J connectivity index is 1.74. The van der Waals surface area contributed by atoms with Gasteiger partial charge < -0.3 is 10.6 Å². The van der Waals surface area contributed by atoms with Gasteiger partial charge in [0.25, 0.3) is 0 Å². The average Bonchev–Trinajstić information content (AvgIpc) is 2.77. The largest absolute Gasteiger partial charge is 0.382 e. The van der Waals surface area contributed by atoms with Gasteiger partial charge >= 0.3 is 0 Å². The Morgan fingerprint density at radius 3 is 2.94 bits per heavy atom. The maximum absolute atomic E-state index is 5.54.